The minimum Gasteiger partial charge on any atom is -0.455 e. The fourth-order valence-electron chi connectivity index (χ4n) is 1.74. The predicted molar refractivity (Wildman–Crippen MR) is 93.6 cm³/mol. The molecule has 0 radical (unpaired) electrons. The highest BCUT2D eigenvalue weighted by atomic mass is 79.9. The molecule has 0 unspecified atom stereocenters. The van der Waals surface area contributed by atoms with Crippen LogP contribution in [0.4, 0.5) is 0 Å². The molecule has 1 aromatic carbocycles. The molecule has 1 aromatic heterocycles. The average Bonchev–Trinajstić information content (AvgIpc) is 2.87. The summed E-state index contributed by atoms with van der Waals surface area (Å²) >= 11 is 8.56. The number of benzene rings is 1. The lowest BCUT2D eigenvalue weighted by atomic mass is 10.1. The van der Waals surface area contributed by atoms with Crippen molar-refractivity contribution in [3.05, 3.63) is 46.1 Å². The summed E-state index contributed by atoms with van der Waals surface area (Å²) in [4.78, 5) is 0. The van der Waals surface area contributed by atoms with Gasteiger partial charge in [-0.3, -0.25) is 5.43 Å². The van der Waals surface area contributed by atoms with Gasteiger partial charge in [0.05, 0.1) is 6.21 Å². The first-order valence-corrected chi connectivity index (χ1v) is 7.73. The van der Waals surface area contributed by atoms with Crippen LogP contribution in [-0.4, -0.2) is 17.9 Å². The molecule has 2 rings (SSSR count). The Morgan fingerprint density at radius 2 is 2.19 bits per heavy atom. The molecule has 0 aliphatic heterocycles. The molecule has 6 heteroatoms. The summed E-state index contributed by atoms with van der Waals surface area (Å²) < 4.78 is 6.76. The van der Waals surface area contributed by atoms with Gasteiger partial charge in [0.25, 0.3) is 0 Å². The molecule has 0 saturated carbocycles. The summed E-state index contributed by atoms with van der Waals surface area (Å²) in [6.07, 6.45) is 1.59. The zero-order valence-electron chi connectivity index (χ0n) is 11.8. The molecule has 21 heavy (non-hydrogen) atoms. The van der Waals surface area contributed by atoms with E-state index in [1.807, 2.05) is 38.1 Å². The molecule has 2 N–H and O–H groups in total. The van der Waals surface area contributed by atoms with Crippen LogP contribution in [0.15, 0.2) is 44.3 Å². The quantitative estimate of drug-likeness (QED) is 0.491. The van der Waals surface area contributed by atoms with E-state index in [9.17, 15) is 0 Å². The van der Waals surface area contributed by atoms with Gasteiger partial charge >= 0.3 is 0 Å². The number of furan rings is 1. The third-order valence-corrected chi connectivity index (χ3v) is 3.60. The van der Waals surface area contributed by atoms with Crippen LogP contribution >= 0.6 is 28.1 Å². The van der Waals surface area contributed by atoms with Crippen LogP contribution in [-0.2, 0) is 0 Å². The standard InChI is InChI=1S/C15H16BrN3OS/c1-3-17-15(21)19-18-9-11-5-7-14(20-11)12-6-4-10(2)8-13(12)16/h4-9H,3H2,1-2H3,(H2,17,19,21). The van der Waals surface area contributed by atoms with Crippen LogP contribution < -0.4 is 10.7 Å². The Morgan fingerprint density at radius 1 is 1.38 bits per heavy atom. The van der Waals surface area contributed by atoms with E-state index in [4.69, 9.17) is 16.6 Å². The molecule has 0 saturated heterocycles. The number of hydrogen-bond acceptors (Lipinski definition) is 3. The summed E-state index contributed by atoms with van der Waals surface area (Å²) in [5.74, 6) is 1.45. The Kier molecular flexibility index (Phi) is 5.52. The van der Waals surface area contributed by atoms with Gasteiger partial charge in [-0.2, -0.15) is 5.10 Å². The van der Waals surface area contributed by atoms with Crippen LogP contribution in [0.1, 0.15) is 18.2 Å². The van der Waals surface area contributed by atoms with Crippen molar-refractivity contribution >= 4 is 39.5 Å². The number of aryl methyl sites for hydroxylation is 1. The number of rotatable bonds is 4. The fourth-order valence-corrected chi connectivity index (χ4v) is 2.63. The average molecular weight is 366 g/mol. The number of thiocarbonyl (C=S) groups is 1. The summed E-state index contributed by atoms with van der Waals surface area (Å²) in [6, 6.07) is 9.91. The lowest BCUT2D eigenvalue weighted by molar-refractivity contribution is 0.574. The Labute approximate surface area is 137 Å². The van der Waals surface area contributed by atoms with Crippen LogP contribution in [0.2, 0.25) is 0 Å². The number of halogens is 1. The van der Waals surface area contributed by atoms with E-state index >= 15 is 0 Å². The van der Waals surface area contributed by atoms with E-state index < -0.39 is 0 Å². The predicted octanol–water partition coefficient (Wildman–Crippen LogP) is 3.84. The first-order valence-electron chi connectivity index (χ1n) is 6.53. The van der Waals surface area contributed by atoms with Gasteiger partial charge in [0.2, 0.25) is 0 Å². The van der Waals surface area contributed by atoms with E-state index in [-0.39, 0.29) is 0 Å². The van der Waals surface area contributed by atoms with E-state index in [1.54, 1.807) is 6.21 Å². The highest BCUT2D eigenvalue weighted by molar-refractivity contribution is 9.10. The molecule has 1 heterocycles. The van der Waals surface area contributed by atoms with Crippen LogP contribution in [0, 0.1) is 6.92 Å². The molecule has 0 spiro atoms. The summed E-state index contributed by atoms with van der Waals surface area (Å²) in [6.45, 7) is 4.78. The van der Waals surface area contributed by atoms with Crippen LogP contribution in [0.3, 0.4) is 0 Å². The minimum absolute atomic E-state index is 0.488. The monoisotopic (exact) mass is 365 g/mol. The third kappa shape index (κ3) is 4.41. The molecular weight excluding hydrogens is 350 g/mol. The Hall–Kier alpha value is -1.66. The topological polar surface area (TPSA) is 49.6 Å². The maximum atomic E-state index is 5.75. The fraction of sp³-hybridized carbons (Fsp3) is 0.200. The molecule has 0 fully saturated rings. The molecule has 2 aromatic rings. The van der Waals surface area contributed by atoms with Crippen molar-refractivity contribution in [3.8, 4) is 11.3 Å². The number of hydrogen-bond donors (Lipinski definition) is 2. The second-order valence-corrected chi connectivity index (χ2v) is 5.68. The maximum Gasteiger partial charge on any atom is 0.186 e. The van der Waals surface area contributed by atoms with Gasteiger partial charge < -0.3 is 9.73 Å². The van der Waals surface area contributed by atoms with Gasteiger partial charge in [-0.15, -0.1) is 0 Å². The molecular formula is C15H16BrN3OS. The van der Waals surface area contributed by atoms with Crippen LogP contribution in [0.25, 0.3) is 11.3 Å². The van der Waals surface area contributed by atoms with E-state index in [2.05, 4.69) is 37.8 Å². The molecule has 0 atom stereocenters. The van der Waals surface area contributed by atoms with Gasteiger partial charge in [0.1, 0.15) is 11.5 Å². The van der Waals surface area contributed by atoms with Crippen molar-refractivity contribution in [3.63, 3.8) is 0 Å². The van der Waals surface area contributed by atoms with E-state index in [1.165, 1.54) is 5.56 Å². The highest BCUT2D eigenvalue weighted by Gasteiger charge is 2.07. The number of nitrogens with one attached hydrogen (secondary N) is 2. The van der Waals surface area contributed by atoms with Crippen molar-refractivity contribution in [1.82, 2.24) is 10.7 Å². The van der Waals surface area contributed by atoms with E-state index in [0.29, 0.717) is 10.9 Å². The molecule has 0 bridgehead atoms. The van der Waals surface area contributed by atoms with Gasteiger partial charge in [-0.25, -0.2) is 0 Å². The van der Waals surface area contributed by atoms with Crippen LogP contribution in [0.5, 0.6) is 0 Å². The first-order chi connectivity index (χ1) is 10.1. The number of nitrogens with zero attached hydrogens (tertiary/aromatic N) is 1. The molecule has 110 valence electrons. The van der Waals surface area contributed by atoms with Crippen molar-refractivity contribution in [2.45, 2.75) is 13.8 Å². The first kappa shape index (κ1) is 15.7. The normalized spacial score (nSPS) is 10.8. The smallest absolute Gasteiger partial charge is 0.186 e. The molecule has 0 aliphatic carbocycles. The zero-order valence-corrected chi connectivity index (χ0v) is 14.2. The third-order valence-electron chi connectivity index (χ3n) is 2.71. The second-order valence-electron chi connectivity index (χ2n) is 4.41. The van der Waals surface area contributed by atoms with Gasteiger partial charge in [0.15, 0.2) is 5.11 Å². The lowest BCUT2D eigenvalue weighted by Crippen LogP contribution is -2.31. The summed E-state index contributed by atoms with van der Waals surface area (Å²) in [5, 5.41) is 7.45. The Balaban J connectivity index is 2.07. The Morgan fingerprint density at radius 3 is 2.90 bits per heavy atom. The van der Waals surface area contributed by atoms with Crippen molar-refractivity contribution < 1.29 is 4.42 Å². The molecule has 4 nitrogen and oxygen atoms in total. The van der Waals surface area contributed by atoms with Crippen molar-refractivity contribution in [2.75, 3.05) is 6.54 Å². The summed E-state index contributed by atoms with van der Waals surface area (Å²) in [5.41, 5.74) is 4.93. The number of hydrazone groups is 1. The molecule has 0 amide bonds. The van der Waals surface area contributed by atoms with E-state index in [0.717, 1.165) is 22.3 Å². The van der Waals surface area contributed by atoms with Crippen molar-refractivity contribution in [1.29, 1.82) is 0 Å². The molecule has 0 aliphatic rings. The Bertz CT molecular complexity index is 667. The minimum atomic E-state index is 0.488. The summed E-state index contributed by atoms with van der Waals surface area (Å²) in [7, 11) is 0. The van der Waals surface area contributed by atoms with Gasteiger partial charge in [-0.05, 0) is 55.9 Å². The largest absolute Gasteiger partial charge is 0.455 e. The van der Waals surface area contributed by atoms with Crippen molar-refractivity contribution in [2.24, 2.45) is 5.10 Å². The zero-order chi connectivity index (χ0) is 15.2. The SMILES string of the molecule is CCNC(=S)NN=Cc1ccc(-c2ccc(C)cc2Br)o1. The highest BCUT2D eigenvalue weighted by Crippen LogP contribution is 2.30. The second kappa shape index (κ2) is 7.38. The maximum absolute atomic E-state index is 5.75. The lowest BCUT2D eigenvalue weighted by Gasteiger charge is -2.02. The van der Waals surface area contributed by atoms with Gasteiger partial charge in [-0.1, -0.05) is 22.0 Å². The van der Waals surface area contributed by atoms with Gasteiger partial charge in [0, 0.05) is 16.6 Å².